The van der Waals surface area contributed by atoms with Gasteiger partial charge in [-0.3, -0.25) is 14.2 Å². The molecule has 0 atom stereocenters. The second-order valence-electron chi connectivity index (χ2n) is 6.99. The number of halogens is 1. The van der Waals surface area contributed by atoms with Gasteiger partial charge in [0, 0.05) is 22.7 Å². The summed E-state index contributed by atoms with van der Waals surface area (Å²) < 4.78 is 14.9. The van der Waals surface area contributed by atoms with Gasteiger partial charge in [-0.15, -0.1) is 0 Å². The molecule has 5 aromatic rings. The van der Waals surface area contributed by atoms with Gasteiger partial charge in [0.2, 0.25) is 0 Å². The predicted molar refractivity (Wildman–Crippen MR) is 121 cm³/mol. The van der Waals surface area contributed by atoms with Crippen LogP contribution in [0.1, 0.15) is 10.4 Å². The number of H-pyrrole nitrogens is 1. The number of thioether (sulfide) groups is 1. The van der Waals surface area contributed by atoms with Crippen molar-refractivity contribution in [3.05, 3.63) is 101 Å². The van der Waals surface area contributed by atoms with Crippen LogP contribution in [0.4, 0.5) is 4.39 Å². The molecule has 7 heteroatoms. The van der Waals surface area contributed by atoms with Gasteiger partial charge in [-0.25, -0.2) is 9.37 Å². The van der Waals surface area contributed by atoms with Crippen LogP contribution in [0.15, 0.2) is 88.9 Å². The molecule has 2 heterocycles. The number of carbonyl (C=O) groups excluding carboxylic acids is 1. The first-order valence-corrected chi connectivity index (χ1v) is 10.6. The summed E-state index contributed by atoms with van der Waals surface area (Å²) in [6.07, 6.45) is 1.70. The molecule has 3 aromatic carbocycles. The molecule has 5 nitrogen and oxygen atoms in total. The number of ketones is 1. The van der Waals surface area contributed by atoms with Crippen molar-refractivity contribution in [2.75, 3.05) is 5.75 Å². The van der Waals surface area contributed by atoms with Gasteiger partial charge in [0.05, 0.1) is 22.3 Å². The highest BCUT2D eigenvalue weighted by Crippen LogP contribution is 2.24. The maximum atomic E-state index is 13.4. The van der Waals surface area contributed by atoms with E-state index in [9.17, 15) is 14.0 Å². The molecular formula is C24H16FN3O2S. The van der Waals surface area contributed by atoms with Crippen LogP contribution in [0.2, 0.25) is 0 Å². The highest BCUT2D eigenvalue weighted by Gasteiger charge is 2.17. The quantitative estimate of drug-likeness (QED) is 0.243. The van der Waals surface area contributed by atoms with E-state index in [0.717, 1.165) is 10.9 Å². The fourth-order valence-electron chi connectivity index (χ4n) is 3.54. The highest BCUT2D eigenvalue weighted by molar-refractivity contribution is 7.99. The zero-order valence-electron chi connectivity index (χ0n) is 16.2. The van der Waals surface area contributed by atoms with E-state index < -0.39 is 5.82 Å². The Bertz CT molecular complexity index is 1490. The molecule has 0 aliphatic carbocycles. The largest absolute Gasteiger partial charge is 0.360 e. The molecule has 0 fully saturated rings. The Kier molecular flexibility index (Phi) is 4.88. The Labute approximate surface area is 180 Å². The lowest BCUT2D eigenvalue weighted by molar-refractivity contribution is 0.102. The van der Waals surface area contributed by atoms with Gasteiger partial charge in [0.15, 0.2) is 10.9 Å². The molecule has 0 radical (unpaired) electrons. The van der Waals surface area contributed by atoms with Crippen molar-refractivity contribution in [3.63, 3.8) is 0 Å². The molecule has 0 aliphatic heterocycles. The molecule has 1 N–H and O–H groups in total. The molecule has 0 aliphatic rings. The van der Waals surface area contributed by atoms with E-state index in [4.69, 9.17) is 0 Å². The summed E-state index contributed by atoms with van der Waals surface area (Å²) in [4.78, 5) is 33.9. The maximum Gasteiger partial charge on any atom is 0.266 e. The van der Waals surface area contributed by atoms with Crippen LogP contribution in [0, 0.1) is 5.82 Å². The summed E-state index contributed by atoms with van der Waals surface area (Å²) in [5.41, 5.74) is 2.27. The summed E-state index contributed by atoms with van der Waals surface area (Å²) in [6, 6.07) is 20.3. The molecule has 31 heavy (non-hydrogen) atoms. The lowest BCUT2D eigenvalue weighted by Crippen LogP contribution is -2.22. The summed E-state index contributed by atoms with van der Waals surface area (Å²) in [5.74, 6) is -0.363. The molecule has 0 spiro atoms. The van der Waals surface area contributed by atoms with E-state index in [0.29, 0.717) is 27.3 Å². The van der Waals surface area contributed by atoms with Crippen LogP contribution in [0.25, 0.3) is 27.5 Å². The number of para-hydroxylation sites is 2. The van der Waals surface area contributed by atoms with Crippen molar-refractivity contribution in [2.24, 2.45) is 0 Å². The van der Waals surface area contributed by atoms with Crippen LogP contribution >= 0.6 is 11.8 Å². The van der Waals surface area contributed by atoms with Gasteiger partial charge in [-0.2, -0.15) is 0 Å². The number of Topliss-reactive ketones (excluding diaryl/α,β-unsaturated/α-hetero) is 1. The van der Waals surface area contributed by atoms with E-state index in [1.807, 2.05) is 30.3 Å². The summed E-state index contributed by atoms with van der Waals surface area (Å²) >= 11 is 1.18. The van der Waals surface area contributed by atoms with Gasteiger partial charge in [-0.1, -0.05) is 42.1 Å². The molecule has 2 aromatic heterocycles. The fourth-order valence-corrected chi connectivity index (χ4v) is 4.43. The van der Waals surface area contributed by atoms with Crippen molar-refractivity contribution in [2.45, 2.75) is 5.16 Å². The van der Waals surface area contributed by atoms with E-state index in [1.165, 1.54) is 40.6 Å². The number of benzene rings is 3. The maximum absolute atomic E-state index is 13.4. The van der Waals surface area contributed by atoms with E-state index in [-0.39, 0.29) is 17.1 Å². The summed E-state index contributed by atoms with van der Waals surface area (Å²) in [5, 5.41) is 1.69. The molecule has 0 bridgehead atoms. The second-order valence-corrected chi connectivity index (χ2v) is 7.93. The van der Waals surface area contributed by atoms with Gasteiger partial charge < -0.3 is 4.98 Å². The normalized spacial score (nSPS) is 11.3. The molecule has 0 saturated heterocycles. The van der Waals surface area contributed by atoms with Crippen LogP contribution in [-0.4, -0.2) is 26.1 Å². The first kappa shape index (κ1) is 19.3. The average molecular weight is 429 g/mol. The van der Waals surface area contributed by atoms with Crippen molar-refractivity contribution >= 4 is 39.4 Å². The van der Waals surface area contributed by atoms with E-state index >= 15 is 0 Å². The third-order valence-corrected chi connectivity index (χ3v) is 5.99. The number of carbonyl (C=O) groups is 1. The van der Waals surface area contributed by atoms with Crippen molar-refractivity contribution in [1.82, 2.24) is 14.5 Å². The van der Waals surface area contributed by atoms with E-state index in [1.54, 1.807) is 24.4 Å². The molecular weight excluding hydrogens is 413 g/mol. The Hall–Kier alpha value is -3.71. The number of aromatic amines is 1. The van der Waals surface area contributed by atoms with Crippen molar-refractivity contribution in [1.29, 1.82) is 0 Å². The fraction of sp³-hybridized carbons (Fsp3) is 0.0417. The van der Waals surface area contributed by atoms with Gasteiger partial charge in [0.25, 0.3) is 5.56 Å². The zero-order chi connectivity index (χ0) is 21.4. The Morgan fingerprint density at radius 2 is 1.68 bits per heavy atom. The monoisotopic (exact) mass is 429 g/mol. The van der Waals surface area contributed by atoms with Gasteiger partial charge in [-0.05, 0) is 42.5 Å². The minimum Gasteiger partial charge on any atom is -0.360 e. The van der Waals surface area contributed by atoms with Crippen LogP contribution < -0.4 is 5.56 Å². The summed E-state index contributed by atoms with van der Waals surface area (Å²) in [7, 11) is 0. The summed E-state index contributed by atoms with van der Waals surface area (Å²) in [6.45, 7) is 0. The number of hydrogen-bond donors (Lipinski definition) is 1. The van der Waals surface area contributed by atoms with Crippen molar-refractivity contribution < 1.29 is 9.18 Å². The smallest absolute Gasteiger partial charge is 0.266 e. The second kappa shape index (κ2) is 7.85. The molecule has 5 rings (SSSR count). The first-order valence-electron chi connectivity index (χ1n) is 9.62. The predicted octanol–water partition coefficient (Wildman–Crippen LogP) is 4.98. The standard InChI is InChI=1S/C24H16FN3O2S/c25-15-9-11-16(12-10-15)28-23(30)18-6-2-4-8-21(18)27-24(28)31-14-22(29)19-13-26-20-7-3-1-5-17(19)20/h1-13,26H,14H2. The molecule has 0 saturated carbocycles. The van der Waals surface area contributed by atoms with Gasteiger partial charge in [0.1, 0.15) is 5.82 Å². The number of fused-ring (bicyclic) bond motifs is 2. The Morgan fingerprint density at radius 3 is 2.48 bits per heavy atom. The Balaban J connectivity index is 1.55. The number of rotatable bonds is 5. The topological polar surface area (TPSA) is 67.8 Å². The third kappa shape index (κ3) is 3.53. The zero-order valence-corrected chi connectivity index (χ0v) is 17.0. The first-order chi connectivity index (χ1) is 15.1. The Morgan fingerprint density at radius 1 is 0.968 bits per heavy atom. The number of aromatic nitrogens is 3. The lowest BCUT2D eigenvalue weighted by atomic mass is 10.1. The average Bonchev–Trinajstić information content (AvgIpc) is 3.23. The number of nitrogens with zero attached hydrogens (tertiary/aromatic N) is 2. The van der Waals surface area contributed by atoms with Crippen molar-refractivity contribution in [3.8, 4) is 5.69 Å². The van der Waals surface area contributed by atoms with Crippen LogP contribution in [-0.2, 0) is 0 Å². The lowest BCUT2D eigenvalue weighted by Gasteiger charge is -2.13. The van der Waals surface area contributed by atoms with E-state index in [2.05, 4.69) is 9.97 Å². The molecule has 0 unspecified atom stereocenters. The van der Waals surface area contributed by atoms with Gasteiger partial charge >= 0.3 is 0 Å². The van der Waals surface area contributed by atoms with Crippen LogP contribution in [0.5, 0.6) is 0 Å². The molecule has 0 amide bonds. The van der Waals surface area contributed by atoms with Crippen LogP contribution in [0.3, 0.4) is 0 Å². The highest BCUT2D eigenvalue weighted by atomic mass is 32.2. The minimum atomic E-state index is -0.394. The third-order valence-electron chi connectivity index (χ3n) is 5.05. The molecule has 152 valence electrons. The minimum absolute atomic E-state index is 0.0736. The number of hydrogen-bond acceptors (Lipinski definition) is 4. The number of nitrogens with one attached hydrogen (secondary N) is 1. The SMILES string of the molecule is O=C(CSc1nc2ccccc2c(=O)n1-c1ccc(F)cc1)c1c[nH]c2ccccc12.